The van der Waals surface area contributed by atoms with E-state index in [0.29, 0.717) is 5.02 Å². The van der Waals surface area contributed by atoms with Crippen LogP contribution in [0.5, 0.6) is 0 Å². The van der Waals surface area contributed by atoms with E-state index in [1.807, 2.05) is 78.9 Å². The van der Waals surface area contributed by atoms with Gasteiger partial charge in [0.25, 0.3) is 0 Å². The van der Waals surface area contributed by atoms with E-state index < -0.39 is 0 Å². The van der Waals surface area contributed by atoms with Gasteiger partial charge in [0.1, 0.15) is 0 Å². The lowest BCUT2D eigenvalue weighted by Gasteiger charge is -2.16. The van der Waals surface area contributed by atoms with Gasteiger partial charge in [0.2, 0.25) is 0 Å². The van der Waals surface area contributed by atoms with Crippen LogP contribution in [0.1, 0.15) is 30.4 Å². The first-order valence-electron chi connectivity index (χ1n) is 8.15. The molecular formula is C22H19ClO. The number of carbonyl (C=O) groups excluding carboxylic acids is 1. The van der Waals surface area contributed by atoms with E-state index in [1.54, 1.807) is 0 Å². The summed E-state index contributed by atoms with van der Waals surface area (Å²) in [4.78, 5) is 12.6. The molecule has 3 rings (SSSR count). The highest BCUT2D eigenvalue weighted by atomic mass is 35.5. The van der Waals surface area contributed by atoms with E-state index in [4.69, 9.17) is 11.6 Å². The third-order valence-corrected chi connectivity index (χ3v) is 4.32. The van der Waals surface area contributed by atoms with Gasteiger partial charge in [-0.2, -0.15) is 0 Å². The molecule has 0 heterocycles. The third kappa shape index (κ3) is 4.33. The zero-order valence-corrected chi connectivity index (χ0v) is 14.2. The molecule has 0 amide bonds. The number of rotatable bonds is 3. The Bertz CT molecular complexity index is 796. The minimum atomic E-state index is 0.161. The number of ketones is 1. The molecule has 0 spiro atoms. The molecule has 120 valence electrons. The Labute approximate surface area is 148 Å². The summed E-state index contributed by atoms with van der Waals surface area (Å²) >= 11 is 5.91. The minimum absolute atomic E-state index is 0.161. The Morgan fingerprint density at radius 2 is 1.54 bits per heavy atom. The third-order valence-electron chi connectivity index (χ3n) is 4.07. The Morgan fingerprint density at radius 1 is 0.833 bits per heavy atom. The van der Waals surface area contributed by atoms with Crippen molar-refractivity contribution in [1.29, 1.82) is 0 Å². The number of halogens is 1. The lowest BCUT2D eigenvalue weighted by molar-refractivity contribution is -0.112. The Balaban J connectivity index is 1.76. The van der Waals surface area contributed by atoms with Gasteiger partial charge in [-0.15, -0.1) is 0 Å². The van der Waals surface area contributed by atoms with Crippen molar-refractivity contribution >= 4 is 29.5 Å². The van der Waals surface area contributed by atoms with Gasteiger partial charge in [-0.05, 0) is 54.2 Å². The highest BCUT2D eigenvalue weighted by molar-refractivity contribution is 6.30. The molecule has 0 aromatic heterocycles. The monoisotopic (exact) mass is 334 g/mol. The molecule has 0 saturated heterocycles. The summed E-state index contributed by atoms with van der Waals surface area (Å²) in [6.07, 6.45) is 10.6. The van der Waals surface area contributed by atoms with Crippen LogP contribution in [0.25, 0.3) is 12.2 Å². The Morgan fingerprint density at radius 3 is 2.29 bits per heavy atom. The number of allylic oxidation sites excluding steroid dienone is 4. The van der Waals surface area contributed by atoms with E-state index in [9.17, 15) is 4.79 Å². The van der Waals surface area contributed by atoms with Gasteiger partial charge in [-0.25, -0.2) is 0 Å². The van der Waals surface area contributed by atoms with Gasteiger partial charge in [0.05, 0.1) is 0 Å². The molecule has 0 unspecified atom stereocenters. The summed E-state index contributed by atoms with van der Waals surface area (Å²) in [5, 5.41) is 0.707. The highest BCUT2D eigenvalue weighted by Crippen LogP contribution is 2.27. The molecule has 2 aromatic rings. The maximum Gasteiger partial charge on any atom is 0.185 e. The van der Waals surface area contributed by atoms with E-state index in [0.717, 1.165) is 41.5 Å². The molecule has 0 N–H and O–H groups in total. The maximum atomic E-state index is 12.6. The topological polar surface area (TPSA) is 17.1 Å². The van der Waals surface area contributed by atoms with Gasteiger partial charge < -0.3 is 0 Å². The van der Waals surface area contributed by atoms with Crippen LogP contribution in [0.4, 0.5) is 0 Å². The van der Waals surface area contributed by atoms with Crippen molar-refractivity contribution in [3.05, 3.63) is 94.0 Å². The second-order valence-corrected chi connectivity index (χ2v) is 6.30. The molecule has 1 saturated carbocycles. The zero-order valence-electron chi connectivity index (χ0n) is 13.4. The highest BCUT2D eigenvalue weighted by Gasteiger charge is 2.19. The van der Waals surface area contributed by atoms with Crippen molar-refractivity contribution in [3.63, 3.8) is 0 Å². The molecule has 2 aromatic carbocycles. The van der Waals surface area contributed by atoms with Gasteiger partial charge in [0.15, 0.2) is 5.78 Å². The van der Waals surface area contributed by atoms with Gasteiger partial charge >= 0.3 is 0 Å². The number of benzene rings is 2. The maximum absolute atomic E-state index is 12.6. The van der Waals surface area contributed by atoms with Crippen LogP contribution < -0.4 is 0 Å². The van der Waals surface area contributed by atoms with Crippen LogP contribution in [0.3, 0.4) is 0 Å². The van der Waals surface area contributed by atoms with Crippen molar-refractivity contribution in [3.8, 4) is 0 Å². The largest absolute Gasteiger partial charge is 0.289 e. The number of hydrogen-bond acceptors (Lipinski definition) is 1. The van der Waals surface area contributed by atoms with E-state index >= 15 is 0 Å². The zero-order chi connectivity index (χ0) is 16.8. The lowest BCUT2D eigenvalue weighted by Crippen LogP contribution is -2.12. The first kappa shape index (κ1) is 16.5. The second-order valence-electron chi connectivity index (χ2n) is 5.87. The smallest absolute Gasteiger partial charge is 0.185 e. The predicted octanol–water partition coefficient (Wildman–Crippen LogP) is 6.12. The molecule has 1 aliphatic carbocycles. The van der Waals surface area contributed by atoms with Crippen LogP contribution in [0.2, 0.25) is 5.02 Å². The average Bonchev–Trinajstić information content (AvgIpc) is 2.61. The van der Waals surface area contributed by atoms with E-state index in [1.165, 1.54) is 0 Å². The SMILES string of the molecule is O=C1/C(=C/C=C/c2ccccc2)CCC/C1=C\c1ccc(Cl)cc1. The first-order valence-corrected chi connectivity index (χ1v) is 8.53. The van der Waals surface area contributed by atoms with Crippen molar-refractivity contribution in [2.75, 3.05) is 0 Å². The fourth-order valence-corrected chi connectivity index (χ4v) is 2.93. The van der Waals surface area contributed by atoms with Crippen LogP contribution >= 0.6 is 11.6 Å². The van der Waals surface area contributed by atoms with Gasteiger partial charge in [0, 0.05) is 10.6 Å². The average molecular weight is 335 g/mol. The predicted molar refractivity (Wildman–Crippen MR) is 102 cm³/mol. The summed E-state index contributed by atoms with van der Waals surface area (Å²) in [6, 6.07) is 17.7. The first-order chi connectivity index (χ1) is 11.7. The van der Waals surface area contributed by atoms with Crippen LogP contribution in [0.15, 0.2) is 77.9 Å². The molecule has 0 atom stereocenters. The second kappa shape index (κ2) is 7.94. The van der Waals surface area contributed by atoms with Crippen molar-refractivity contribution in [1.82, 2.24) is 0 Å². The number of hydrogen-bond donors (Lipinski definition) is 0. The molecule has 1 fully saturated rings. The number of carbonyl (C=O) groups is 1. The normalized spacial score (nSPS) is 18.6. The van der Waals surface area contributed by atoms with Crippen molar-refractivity contribution < 1.29 is 4.79 Å². The van der Waals surface area contributed by atoms with E-state index in [2.05, 4.69) is 0 Å². The van der Waals surface area contributed by atoms with Crippen LogP contribution in [0, 0.1) is 0 Å². The van der Waals surface area contributed by atoms with E-state index in [-0.39, 0.29) is 5.78 Å². The van der Waals surface area contributed by atoms with Gasteiger partial charge in [-0.3, -0.25) is 4.79 Å². The van der Waals surface area contributed by atoms with Gasteiger partial charge in [-0.1, -0.05) is 72.3 Å². The molecule has 24 heavy (non-hydrogen) atoms. The van der Waals surface area contributed by atoms with Crippen LogP contribution in [-0.2, 0) is 4.79 Å². The number of Topliss-reactive ketones (excluding diaryl/α,β-unsaturated/α-hetero) is 1. The summed E-state index contributed by atoms with van der Waals surface area (Å²) in [7, 11) is 0. The quantitative estimate of drug-likeness (QED) is 0.618. The molecule has 2 heteroatoms. The standard InChI is InChI=1S/C22H19ClO/c23-21-14-12-18(13-15-21)16-20-11-5-10-19(22(20)24)9-4-8-17-6-2-1-3-7-17/h1-4,6-9,12-16H,5,10-11H2/b8-4+,19-9+,20-16+. The Kier molecular flexibility index (Phi) is 5.45. The summed E-state index contributed by atoms with van der Waals surface area (Å²) in [5.41, 5.74) is 3.91. The molecule has 0 radical (unpaired) electrons. The molecular weight excluding hydrogens is 316 g/mol. The van der Waals surface area contributed by atoms with Crippen LogP contribution in [-0.4, -0.2) is 5.78 Å². The van der Waals surface area contributed by atoms with Crippen molar-refractivity contribution in [2.45, 2.75) is 19.3 Å². The molecule has 0 bridgehead atoms. The molecule has 1 aliphatic rings. The fraction of sp³-hybridized carbons (Fsp3) is 0.136. The summed E-state index contributed by atoms with van der Waals surface area (Å²) in [5.74, 6) is 0.161. The van der Waals surface area contributed by atoms with Crippen molar-refractivity contribution in [2.24, 2.45) is 0 Å². The Hall–Kier alpha value is -2.38. The molecule has 1 nitrogen and oxygen atoms in total. The molecule has 0 aliphatic heterocycles. The fourth-order valence-electron chi connectivity index (χ4n) is 2.80. The summed E-state index contributed by atoms with van der Waals surface area (Å²) < 4.78 is 0. The lowest BCUT2D eigenvalue weighted by atomic mass is 9.87. The minimum Gasteiger partial charge on any atom is -0.289 e. The summed E-state index contributed by atoms with van der Waals surface area (Å²) in [6.45, 7) is 0.